The first kappa shape index (κ1) is 19.2. The zero-order chi connectivity index (χ0) is 17.0. The highest BCUT2D eigenvalue weighted by molar-refractivity contribution is 5.82. The number of nitrogens with one attached hydrogen (secondary N) is 1. The van der Waals surface area contributed by atoms with Gasteiger partial charge in [0.2, 0.25) is 5.91 Å². The highest BCUT2D eigenvalue weighted by atomic mass is 16.6. The van der Waals surface area contributed by atoms with Crippen molar-refractivity contribution in [2.24, 2.45) is 17.1 Å². The van der Waals surface area contributed by atoms with E-state index in [-0.39, 0.29) is 6.42 Å². The molecule has 0 aromatic heterocycles. The molecule has 0 aliphatic rings. The maximum absolute atomic E-state index is 11.7. The number of amides is 2. The molecule has 2 atom stereocenters. The van der Waals surface area contributed by atoms with Gasteiger partial charge >= 0.3 is 12.1 Å². The summed E-state index contributed by atoms with van der Waals surface area (Å²) in [6.07, 6.45) is -0.931. The van der Waals surface area contributed by atoms with Crippen molar-refractivity contribution in [3.63, 3.8) is 0 Å². The molecule has 0 rings (SSSR count). The number of ether oxygens (including phenoxy) is 1. The second-order valence-corrected chi connectivity index (χ2v) is 7.09. The van der Waals surface area contributed by atoms with E-state index in [2.05, 4.69) is 5.32 Å². The van der Waals surface area contributed by atoms with E-state index < -0.39 is 40.9 Å². The van der Waals surface area contributed by atoms with Crippen LogP contribution in [0.1, 0.15) is 48.0 Å². The Morgan fingerprint density at radius 3 is 1.90 bits per heavy atom. The summed E-state index contributed by atoms with van der Waals surface area (Å²) in [5.74, 6) is -2.52. The smallest absolute Gasteiger partial charge is 0.408 e. The molecule has 0 radical (unpaired) electrons. The Hall–Kier alpha value is -1.79. The normalized spacial score (nSPS) is 15.0. The van der Waals surface area contributed by atoms with Gasteiger partial charge in [-0.15, -0.1) is 0 Å². The van der Waals surface area contributed by atoms with Crippen molar-refractivity contribution < 1.29 is 24.2 Å². The van der Waals surface area contributed by atoms with Gasteiger partial charge in [0.1, 0.15) is 11.6 Å². The van der Waals surface area contributed by atoms with Gasteiger partial charge in [0.15, 0.2) is 0 Å². The summed E-state index contributed by atoms with van der Waals surface area (Å²) in [5, 5.41) is 11.5. The molecular weight excluding hydrogens is 276 g/mol. The predicted octanol–water partition coefficient (Wildman–Crippen LogP) is 1.50. The fourth-order valence-corrected chi connectivity index (χ4v) is 1.80. The first-order valence-electron chi connectivity index (χ1n) is 6.75. The molecule has 2 amide bonds. The minimum absolute atomic E-state index is 0.0899. The van der Waals surface area contributed by atoms with Gasteiger partial charge in [0, 0.05) is 5.92 Å². The molecule has 122 valence electrons. The second kappa shape index (κ2) is 6.78. The molecule has 1 unspecified atom stereocenters. The van der Waals surface area contributed by atoms with Crippen molar-refractivity contribution in [2.75, 3.05) is 0 Å². The topological polar surface area (TPSA) is 119 Å². The molecule has 0 aromatic rings. The van der Waals surface area contributed by atoms with E-state index in [0.29, 0.717) is 0 Å². The quantitative estimate of drug-likeness (QED) is 0.711. The summed E-state index contributed by atoms with van der Waals surface area (Å²) < 4.78 is 5.02. The van der Waals surface area contributed by atoms with Crippen molar-refractivity contribution in [1.29, 1.82) is 0 Å². The number of rotatable bonds is 5. The van der Waals surface area contributed by atoms with Crippen LogP contribution in [-0.2, 0) is 14.3 Å². The van der Waals surface area contributed by atoms with Crippen LogP contribution in [0.4, 0.5) is 4.79 Å². The van der Waals surface area contributed by atoms with Gasteiger partial charge in [-0.05, 0) is 32.6 Å². The first-order valence-corrected chi connectivity index (χ1v) is 6.75. The molecule has 0 aromatic carbocycles. The number of carbonyl (C=O) groups excluding carboxylic acids is 2. The van der Waals surface area contributed by atoms with Crippen LogP contribution in [0.25, 0.3) is 0 Å². The Bertz CT molecular complexity index is 407. The van der Waals surface area contributed by atoms with E-state index >= 15 is 0 Å². The molecule has 7 heteroatoms. The summed E-state index contributed by atoms with van der Waals surface area (Å²) in [6, 6.07) is -1.24. The Balaban J connectivity index is 4.96. The van der Waals surface area contributed by atoms with Gasteiger partial charge in [-0.3, -0.25) is 4.79 Å². The van der Waals surface area contributed by atoms with Crippen molar-refractivity contribution in [3.05, 3.63) is 0 Å². The number of aliphatic carboxylic acids is 1. The lowest BCUT2D eigenvalue weighted by Crippen LogP contribution is -2.47. The third kappa shape index (κ3) is 7.53. The largest absolute Gasteiger partial charge is 0.480 e. The molecule has 0 aliphatic carbocycles. The Labute approximate surface area is 125 Å². The SMILES string of the molecule is CC(C)(C)OC(=O)N[C@@H](CC(C(N)=O)C(C)(C)C)C(=O)O. The number of alkyl carbamates (subject to hydrolysis) is 1. The molecule has 0 bridgehead atoms. The summed E-state index contributed by atoms with van der Waals surface area (Å²) >= 11 is 0. The van der Waals surface area contributed by atoms with Crippen LogP contribution in [0.3, 0.4) is 0 Å². The molecule has 0 heterocycles. The number of carboxylic acid groups (broad SMARTS) is 1. The van der Waals surface area contributed by atoms with Crippen molar-refractivity contribution in [1.82, 2.24) is 5.32 Å². The molecule has 0 fully saturated rings. The average Bonchev–Trinajstić information content (AvgIpc) is 2.18. The number of carbonyl (C=O) groups is 3. The van der Waals surface area contributed by atoms with E-state index in [0.717, 1.165) is 0 Å². The third-order valence-electron chi connectivity index (χ3n) is 2.85. The lowest BCUT2D eigenvalue weighted by molar-refractivity contribution is -0.140. The average molecular weight is 302 g/mol. The van der Waals surface area contributed by atoms with Gasteiger partial charge in [0.05, 0.1) is 0 Å². The first-order chi connectivity index (χ1) is 9.24. The summed E-state index contributed by atoms with van der Waals surface area (Å²) in [5.41, 5.74) is 4.09. The predicted molar refractivity (Wildman–Crippen MR) is 77.5 cm³/mol. The standard InChI is InChI=1S/C14H26N2O5/c1-13(2,3)8(10(15)17)7-9(11(18)19)16-12(20)21-14(4,5)6/h8-9H,7H2,1-6H3,(H2,15,17)(H,16,20)(H,18,19)/t8?,9-/m0/s1. The zero-order valence-electron chi connectivity index (χ0n) is 13.5. The minimum atomic E-state index is -1.24. The molecule has 21 heavy (non-hydrogen) atoms. The zero-order valence-corrected chi connectivity index (χ0v) is 13.5. The highest BCUT2D eigenvalue weighted by Crippen LogP contribution is 2.29. The van der Waals surface area contributed by atoms with Crippen LogP contribution in [0, 0.1) is 11.3 Å². The van der Waals surface area contributed by atoms with E-state index in [9.17, 15) is 19.5 Å². The number of primary amides is 1. The molecule has 0 saturated carbocycles. The Morgan fingerprint density at radius 1 is 1.14 bits per heavy atom. The monoisotopic (exact) mass is 302 g/mol. The Morgan fingerprint density at radius 2 is 1.62 bits per heavy atom. The third-order valence-corrected chi connectivity index (χ3v) is 2.85. The van der Waals surface area contributed by atoms with Crippen LogP contribution >= 0.6 is 0 Å². The lowest BCUT2D eigenvalue weighted by Gasteiger charge is -2.30. The van der Waals surface area contributed by atoms with E-state index in [1.54, 1.807) is 41.5 Å². The molecule has 0 aliphatic heterocycles. The van der Waals surface area contributed by atoms with Gasteiger partial charge < -0.3 is 20.9 Å². The minimum Gasteiger partial charge on any atom is -0.480 e. The van der Waals surface area contributed by atoms with Crippen molar-refractivity contribution >= 4 is 18.0 Å². The van der Waals surface area contributed by atoms with Gasteiger partial charge in [-0.2, -0.15) is 0 Å². The van der Waals surface area contributed by atoms with Crippen LogP contribution in [0.5, 0.6) is 0 Å². The highest BCUT2D eigenvalue weighted by Gasteiger charge is 2.35. The van der Waals surface area contributed by atoms with Crippen LogP contribution in [0.2, 0.25) is 0 Å². The molecular formula is C14H26N2O5. The van der Waals surface area contributed by atoms with Crippen LogP contribution < -0.4 is 11.1 Å². The maximum atomic E-state index is 11.7. The molecule has 0 saturated heterocycles. The Kier molecular flexibility index (Phi) is 6.20. The maximum Gasteiger partial charge on any atom is 0.408 e. The number of carboxylic acids is 1. The van der Waals surface area contributed by atoms with Gasteiger partial charge in [0.25, 0.3) is 0 Å². The van der Waals surface area contributed by atoms with E-state index in [4.69, 9.17) is 10.5 Å². The van der Waals surface area contributed by atoms with Gasteiger partial charge in [-0.1, -0.05) is 20.8 Å². The molecule has 7 nitrogen and oxygen atoms in total. The van der Waals surface area contributed by atoms with Gasteiger partial charge in [-0.25, -0.2) is 9.59 Å². The van der Waals surface area contributed by atoms with E-state index in [1.165, 1.54) is 0 Å². The van der Waals surface area contributed by atoms with Crippen LogP contribution in [-0.4, -0.2) is 34.7 Å². The fraction of sp³-hybridized carbons (Fsp3) is 0.786. The number of hydrogen-bond acceptors (Lipinski definition) is 4. The van der Waals surface area contributed by atoms with Crippen molar-refractivity contribution in [3.8, 4) is 0 Å². The number of hydrogen-bond donors (Lipinski definition) is 3. The van der Waals surface area contributed by atoms with E-state index in [1.807, 2.05) is 0 Å². The molecule has 0 spiro atoms. The van der Waals surface area contributed by atoms with Crippen LogP contribution in [0.15, 0.2) is 0 Å². The fourth-order valence-electron chi connectivity index (χ4n) is 1.80. The lowest BCUT2D eigenvalue weighted by atomic mass is 9.76. The summed E-state index contributed by atoms with van der Waals surface area (Å²) in [7, 11) is 0. The summed E-state index contributed by atoms with van der Waals surface area (Å²) in [4.78, 5) is 34.4. The second-order valence-electron chi connectivity index (χ2n) is 7.09. The number of nitrogens with two attached hydrogens (primary N) is 1. The summed E-state index contributed by atoms with van der Waals surface area (Å²) in [6.45, 7) is 10.4. The molecule has 4 N–H and O–H groups in total. The van der Waals surface area contributed by atoms with Crippen molar-refractivity contribution in [2.45, 2.75) is 59.6 Å².